The summed E-state index contributed by atoms with van der Waals surface area (Å²) in [5, 5.41) is 0. The maximum Gasteiger partial charge on any atom is 0.162 e. The van der Waals surface area contributed by atoms with Crippen molar-refractivity contribution in [1.29, 1.82) is 0 Å². The first-order chi connectivity index (χ1) is 5.43. The maximum absolute atomic E-state index is 6.00. The SMILES string of the molecule is CCO[N+](N)(NC)C(C)(C)CC. The van der Waals surface area contributed by atoms with E-state index in [0.29, 0.717) is 6.61 Å². The van der Waals surface area contributed by atoms with Gasteiger partial charge in [-0.1, -0.05) is 6.92 Å². The molecule has 0 saturated heterocycles. The van der Waals surface area contributed by atoms with Gasteiger partial charge in [0, 0.05) is 13.5 Å². The van der Waals surface area contributed by atoms with Gasteiger partial charge in [0.05, 0.1) is 0 Å². The Morgan fingerprint density at radius 3 is 2.17 bits per heavy atom. The van der Waals surface area contributed by atoms with Crippen molar-refractivity contribution in [3.8, 4) is 0 Å². The van der Waals surface area contributed by atoms with Crippen molar-refractivity contribution in [2.24, 2.45) is 5.84 Å². The summed E-state index contributed by atoms with van der Waals surface area (Å²) >= 11 is 0. The Hall–Kier alpha value is -0.160. The second-order valence-electron chi connectivity index (χ2n) is 3.47. The van der Waals surface area contributed by atoms with Crippen LogP contribution < -0.4 is 11.3 Å². The zero-order valence-corrected chi connectivity index (χ0v) is 8.85. The smallest absolute Gasteiger partial charge is 0.161 e. The molecule has 0 spiro atoms. The standard InChI is InChI=1S/C8H22N3O/c1-6-8(3,4)11(9,10-5)12-7-2/h10H,6-7,9H2,1-5H3/q+1. The van der Waals surface area contributed by atoms with Gasteiger partial charge >= 0.3 is 0 Å². The fourth-order valence-corrected chi connectivity index (χ4v) is 0.980. The van der Waals surface area contributed by atoms with Crippen molar-refractivity contribution in [3.05, 3.63) is 0 Å². The predicted molar refractivity (Wildman–Crippen MR) is 49.5 cm³/mol. The summed E-state index contributed by atoms with van der Waals surface area (Å²) in [6.45, 7) is 8.76. The van der Waals surface area contributed by atoms with Crippen molar-refractivity contribution in [2.75, 3.05) is 13.7 Å². The number of quaternary nitrogens is 1. The molecule has 0 aromatic rings. The molecule has 4 nitrogen and oxygen atoms in total. The molecule has 0 aliphatic rings. The molecule has 0 amide bonds. The maximum atomic E-state index is 6.00. The van der Waals surface area contributed by atoms with E-state index in [2.05, 4.69) is 26.2 Å². The van der Waals surface area contributed by atoms with Crippen LogP contribution in [0.1, 0.15) is 34.1 Å². The Labute approximate surface area is 75.2 Å². The van der Waals surface area contributed by atoms with Crippen LogP contribution in [-0.2, 0) is 4.84 Å². The first kappa shape index (κ1) is 11.8. The highest BCUT2D eigenvalue weighted by atomic mass is 16.8. The Morgan fingerprint density at radius 1 is 1.42 bits per heavy atom. The minimum Gasteiger partial charge on any atom is -0.161 e. The lowest BCUT2D eigenvalue weighted by molar-refractivity contribution is -1.18. The van der Waals surface area contributed by atoms with E-state index in [-0.39, 0.29) is 10.4 Å². The minimum atomic E-state index is -0.120. The number of nitrogens with two attached hydrogens (primary N) is 1. The average Bonchev–Trinajstić information content (AvgIpc) is 2.04. The van der Waals surface area contributed by atoms with Crippen LogP contribution in [0.25, 0.3) is 0 Å². The van der Waals surface area contributed by atoms with E-state index in [1.807, 2.05) is 6.92 Å². The quantitative estimate of drug-likeness (QED) is 0.372. The second-order valence-corrected chi connectivity index (χ2v) is 3.47. The van der Waals surface area contributed by atoms with Gasteiger partial charge in [-0.2, -0.15) is 4.84 Å². The van der Waals surface area contributed by atoms with Gasteiger partial charge in [0.2, 0.25) is 0 Å². The van der Waals surface area contributed by atoms with E-state index in [1.54, 1.807) is 7.05 Å². The van der Waals surface area contributed by atoms with E-state index < -0.39 is 0 Å². The van der Waals surface area contributed by atoms with E-state index in [1.165, 1.54) is 0 Å². The molecule has 0 aliphatic carbocycles. The van der Waals surface area contributed by atoms with Crippen LogP contribution in [0.2, 0.25) is 0 Å². The fourth-order valence-electron chi connectivity index (χ4n) is 0.980. The van der Waals surface area contributed by atoms with Gasteiger partial charge in [-0.3, -0.25) is 0 Å². The molecule has 0 heterocycles. The summed E-state index contributed by atoms with van der Waals surface area (Å²) in [6, 6.07) is 0. The van der Waals surface area contributed by atoms with Gasteiger partial charge in [0.1, 0.15) is 6.61 Å². The largest absolute Gasteiger partial charge is 0.162 e. The summed E-state index contributed by atoms with van der Waals surface area (Å²) in [5.74, 6) is 6.00. The Bertz CT molecular complexity index is 138. The Balaban J connectivity index is 4.49. The van der Waals surface area contributed by atoms with Crippen molar-refractivity contribution in [2.45, 2.75) is 39.7 Å². The van der Waals surface area contributed by atoms with Crippen molar-refractivity contribution >= 4 is 0 Å². The van der Waals surface area contributed by atoms with Gasteiger partial charge in [-0.05, 0) is 25.6 Å². The molecular formula is C8H22N3O+. The molecule has 0 rings (SSSR count). The normalized spacial score (nSPS) is 17.5. The molecule has 1 unspecified atom stereocenters. The molecule has 3 N–H and O–H groups in total. The molecule has 0 saturated carbocycles. The molecule has 74 valence electrons. The number of hydrogen-bond acceptors (Lipinski definition) is 3. The van der Waals surface area contributed by atoms with E-state index >= 15 is 0 Å². The molecule has 1 atom stereocenters. The lowest BCUT2D eigenvalue weighted by atomic mass is 10.0. The Morgan fingerprint density at radius 2 is 1.92 bits per heavy atom. The molecule has 0 aliphatic heterocycles. The molecule has 12 heavy (non-hydrogen) atoms. The van der Waals surface area contributed by atoms with Gasteiger partial charge in [0.25, 0.3) is 0 Å². The van der Waals surface area contributed by atoms with E-state index in [0.717, 1.165) is 6.42 Å². The second kappa shape index (κ2) is 4.18. The highest BCUT2D eigenvalue weighted by Gasteiger charge is 2.42. The van der Waals surface area contributed by atoms with Crippen LogP contribution in [0, 0.1) is 0 Å². The fraction of sp³-hybridized carbons (Fsp3) is 1.00. The van der Waals surface area contributed by atoms with Crippen molar-refractivity contribution in [3.63, 3.8) is 0 Å². The topological polar surface area (TPSA) is 47.3 Å². The number of rotatable bonds is 5. The highest BCUT2D eigenvalue weighted by Crippen LogP contribution is 2.21. The zero-order valence-electron chi connectivity index (χ0n) is 8.85. The lowest BCUT2D eigenvalue weighted by Gasteiger charge is -2.40. The summed E-state index contributed by atoms with van der Waals surface area (Å²) < 4.78 is 0. The Kier molecular flexibility index (Phi) is 4.13. The van der Waals surface area contributed by atoms with Crippen LogP contribution in [0.4, 0.5) is 0 Å². The van der Waals surface area contributed by atoms with E-state index in [9.17, 15) is 0 Å². The monoisotopic (exact) mass is 176 g/mol. The molecule has 0 radical (unpaired) electrons. The molecule has 0 aromatic heterocycles. The third-order valence-corrected chi connectivity index (χ3v) is 2.43. The molecule has 4 heteroatoms. The summed E-state index contributed by atoms with van der Waals surface area (Å²) in [6.07, 6.45) is 0.949. The van der Waals surface area contributed by atoms with Crippen LogP contribution in [0.15, 0.2) is 0 Å². The predicted octanol–water partition coefficient (Wildman–Crippen LogP) is 0.951. The van der Waals surface area contributed by atoms with Crippen LogP contribution in [0.3, 0.4) is 0 Å². The van der Waals surface area contributed by atoms with Crippen molar-refractivity contribution < 1.29 is 9.70 Å². The summed E-state index contributed by atoms with van der Waals surface area (Å²) in [7, 11) is 1.80. The molecular weight excluding hydrogens is 154 g/mol. The van der Waals surface area contributed by atoms with Gasteiger partial charge < -0.3 is 0 Å². The highest BCUT2D eigenvalue weighted by molar-refractivity contribution is 4.62. The molecule has 0 fully saturated rings. The number of nitrogens with zero attached hydrogens (tertiary/aromatic N) is 1. The average molecular weight is 176 g/mol. The van der Waals surface area contributed by atoms with E-state index in [4.69, 9.17) is 10.7 Å². The van der Waals surface area contributed by atoms with Gasteiger partial charge in [-0.15, -0.1) is 11.3 Å². The number of nitrogens with one attached hydrogen (secondary N) is 1. The first-order valence-corrected chi connectivity index (χ1v) is 4.44. The minimum absolute atomic E-state index is 0.0417. The van der Waals surface area contributed by atoms with Gasteiger partial charge in [-0.25, -0.2) is 0 Å². The third-order valence-electron chi connectivity index (χ3n) is 2.43. The van der Waals surface area contributed by atoms with Crippen LogP contribution in [0.5, 0.6) is 0 Å². The molecule has 0 bridgehead atoms. The lowest BCUT2D eigenvalue weighted by Crippen LogP contribution is -2.71. The molecule has 0 aromatic carbocycles. The number of hydrogen-bond donors (Lipinski definition) is 2. The number of hydroxylamine groups is 1. The zero-order chi connectivity index (χ0) is 9.83. The third kappa shape index (κ3) is 2.17. The first-order valence-electron chi connectivity index (χ1n) is 4.44. The summed E-state index contributed by atoms with van der Waals surface area (Å²) in [4.78, 5) is 5.40. The van der Waals surface area contributed by atoms with Gasteiger partial charge in [0.15, 0.2) is 5.54 Å². The van der Waals surface area contributed by atoms with Crippen LogP contribution >= 0.6 is 0 Å². The summed E-state index contributed by atoms with van der Waals surface area (Å²) in [5.41, 5.74) is 2.84. The van der Waals surface area contributed by atoms with Crippen LogP contribution in [-0.4, -0.2) is 24.1 Å². The van der Waals surface area contributed by atoms with Crippen molar-refractivity contribution in [1.82, 2.24) is 5.43 Å².